The molecule has 0 radical (unpaired) electrons. The Morgan fingerprint density at radius 3 is 1.95 bits per heavy atom. The van der Waals surface area contributed by atoms with Crippen LogP contribution in [0.15, 0.2) is 28.7 Å². The molecule has 106 valence electrons. The molecule has 2 aromatic rings. The Morgan fingerprint density at radius 1 is 0.850 bits per heavy atom. The largest absolute Gasteiger partial charge is 0.383 e. The van der Waals surface area contributed by atoms with E-state index in [1.807, 2.05) is 0 Å². The minimum atomic E-state index is -1.86. The van der Waals surface area contributed by atoms with Crippen molar-refractivity contribution in [2.24, 2.45) is 0 Å². The van der Waals surface area contributed by atoms with Crippen molar-refractivity contribution in [2.75, 3.05) is 0 Å². The van der Waals surface area contributed by atoms with E-state index in [0.29, 0.717) is 18.2 Å². The minimum absolute atomic E-state index is 0.145. The van der Waals surface area contributed by atoms with Crippen LogP contribution in [-0.2, 0) is 0 Å². The van der Waals surface area contributed by atoms with Gasteiger partial charge in [0.2, 0.25) is 0 Å². The third-order valence-electron chi connectivity index (χ3n) is 2.67. The van der Waals surface area contributed by atoms with Crippen LogP contribution in [0.5, 0.6) is 0 Å². The van der Waals surface area contributed by atoms with Crippen molar-refractivity contribution in [1.29, 1.82) is 0 Å². The van der Waals surface area contributed by atoms with Crippen LogP contribution in [0.1, 0.15) is 17.2 Å². The van der Waals surface area contributed by atoms with Gasteiger partial charge in [0.1, 0.15) is 29.4 Å². The van der Waals surface area contributed by atoms with E-state index in [1.54, 1.807) is 0 Å². The molecule has 0 amide bonds. The van der Waals surface area contributed by atoms with Gasteiger partial charge >= 0.3 is 0 Å². The summed E-state index contributed by atoms with van der Waals surface area (Å²) in [6.45, 7) is 0. The van der Waals surface area contributed by atoms with Crippen molar-refractivity contribution in [1.82, 2.24) is 0 Å². The molecule has 0 heterocycles. The first-order chi connectivity index (χ1) is 9.31. The molecule has 0 saturated heterocycles. The normalized spacial score (nSPS) is 12.6. The monoisotopic (exact) mass is 368 g/mol. The maximum Gasteiger partial charge on any atom is 0.142 e. The van der Waals surface area contributed by atoms with Gasteiger partial charge in [-0.05, 0) is 40.2 Å². The van der Waals surface area contributed by atoms with E-state index in [9.17, 15) is 22.7 Å². The molecule has 0 saturated carbocycles. The first kappa shape index (κ1) is 15.3. The molecule has 0 aliphatic rings. The van der Waals surface area contributed by atoms with Gasteiger partial charge < -0.3 is 5.11 Å². The zero-order valence-corrected chi connectivity index (χ0v) is 11.9. The summed E-state index contributed by atoms with van der Waals surface area (Å²) in [5, 5.41) is 9.44. The Balaban J connectivity index is 2.54. The quantitative estimate of drug-likeness (QED) is 0.599. The molecular formula is C13H6BrClF4O. The van der Waals surface area contributed by atoms with Crippen molar-refractivity contribution < 1.29 is 22.7 Å². The lowest BCUT2D eigenvalue weighted by Crippen LogP contribution is -2.07. The standard InChI is InChI=1S/C13H6BrClF4O/c14-7-3-9(16)5(1-11(7)18)13(20)6-2-12(19)8(15)4-10(6)17/h1-4,13,20H. The van der Waals surface area contributed by atoms with Crippen LogP contribution in [0.2, 0.25) is 5.02 Å². The first-order valence-corrected chi connectivity index (χ1v) is 6.45. The molecule has 0 fully saturated rings. The summed E-state index contributed by atoms with van der Waals surface area (Å²) in [4.78, 5) is 0. The second-order valence-corrected chi connectivity index (χ2v) is 5.24. The van der Waals surface area contributed by atoms with Gasteiger partial charge in [-0.15, -0.1) is 0 Å². The van der Waals surface area contributed by atoms with E-state index >= 15 is 0 Å². The summed E-state index contributed by atoms with van der Waals surface area (Å²) in [7, 11) is 0. The summed E-state index contributed by atoms with van der Waals surface area (Å²) in [6, 6.07) is 2.79. The molecule has 1 nitrogen and oxygen atoms in total. The molecule has 2 aromatic carbocycles. The number of halogens is 6. The van der Waals surface area contributed by atoms with E-state index in [-0.39, 0.29) is 4.47 Å². The van der Waals surface area contributed by atoms with Crippen LogP contribution in [0.3, 0.4) is 0 Å². The predicted molar refractivity (Wildman–Crippen MR) is 69.5 cm³/mol. The zero-order chi connectivity index (χ0) is 15.0. The minimum Gasteiger partial charge on any atom is -0.383 e. The zero-order valence-electron chi connectivity index (χ0n) is 9.60. The number of hydrogen-bond donors (Lipinski definition) is 1. The Kier molecular flexibility index (Phi) is 4.36. The average molecular weight is 370 g/mol. The molecule has 1 N–H and O–H groups in total. The number of hydrogen-bond acceptors (Lipinski definition) is 1. The fourth-order valence-electron chi connectivity index (χ4n) is 1.66. The molecule has 0 aromatic heterocycles. The number of rotatable bonds is 2. The SMILES string of the molecule is OC(c1cc(F)c(Cl)cc1F)c1cc(F)c(Br)cc1F. The fourth-order valence-corrected chi connectivity index (χ4v) is 2.13. The predicted octanol–water partition coefficient (Wildman–Crippen LogP) is 4.74. The molecule has 0 bridgehead atoms. The third kappa shape index (κ3) is 2.82. The summed E-state index contributed by atoms with van der Waals surface area (Å²) in [6.07, 6.45) is -1.86. The summed E-state index contributed by atoms with van der Waals surface area (Å²) < 4.78 is 53.8. The van der Waals surface area contributed by atoms with Crippen molar-refractivity contribution >= 4 is 27.5 Å². The van der Waals surface area contributed by atoms with E-state index < -0.39 is 45.5 Å². The first-order valence-electron chi connectivity index (χ1n) is 5.28. The van der Waals surface area contributed by atoms with Gasteiger partial charge in [-0.25, -0.2) is 17.6 Å². The highest BCUT2D eigenvalue weighted by Crippen LogP contribution is 2.31. The van der Waals surface area contributed by atoms with Crippen LogP contribution >= 0.6 is 27.5 Å². The van der Waals surface area contributed by atoms with Crippen LogP contribution in [0, 0.1) is 23.3 Å². The van der Waals surface area contributed by atoms with Crippen LogP contribution in [-0.4, -0.2) is 5.11 Å². The lowest BCUT2D eigenvalue weighted by molar-refractivity contribution is 0.208. The Bertz CT molecular complexity index is 620. The molecular weight excluding hydrogens is 363 g/mol. The van der Waals surface area contributed by atoms with Gasteiger partial charge in [-0.2, -0.15) is 0 Å². The molecule has 0 aliphatic heterocycles. The smallest absolute Gasteiger partial charge is 0.142 e. The van der Waals surface area contributed by atoms with Crippen molar-refractivity contribution in [3.8, 4) is 0 Å². The summed E-state index contributed by atoms with van der Waals surface area (Å²) >= 11 is 8.15. The third-order valence-corrected chi connectivity index (χ3v) is 3.57. The van der Waals surface area contributed by atoms with E-state index in [0.717, 1.165) is 6.07 Å². The molecule has 0 aliphatic carbocycles. The summed E-state index contributed by atoms with van der Waals surface area (Å²) in [5.41, 5.74) is -1.04. The molecule has 2 rings (SSSR count). The van der Waals surface area contributed by atoms with E-state index in [1.165, 1.54) is 0 Å². The average Bonchev–Trinajstić information content (AvgIpc) is 2.37. The van der Waals surface area contributed by atoms with E-state index in [2.05, 4.69) is 15.9 Å². The van der Waals surface area contributed by atoms with Gasteiger partial charge in [-0.1, -0.05) is 11.6 Å². The lowest BCUT2D eigenvalue weighted by atomic mass is 10.0. The molecule has 7 heteroatoms. The highest BCUT2D eigenvalue weighted by atomic mass is 79.9. The van der Waals surface area contributed by atoms with Crippen LogP contribution in [0.25, 0.3) is 0 Å². The second-order valence-electron chi connectivity index (χ2n) is 3.98. The van der Waals surface area contributed by atoms with Gasteiger partial charge in [-0.3, -0.25) is 0 Å². The van der Waals surface area contributed by atoms with Gasteiger partial charge in [0, 0.05) is 11.1 Å². The Labute approximate surface area is 124 Å². The number of aliphatic hydroxyl groups is 1. The maximum atomic E-state index is 13.7. The Morgan fingerprint density at radius 2 is 1.35 bits per heavy atom. The topological polar surface area (TPSA) is 20.2 Å². The van der Waals surface area contributed by atoms with Crippen molar-refractivity contribution in [3.63, 3.8) is 0 Å². The number of aliphatic hydroxyl groups excluding tert-OH is 1. The van der Waals surface area contributed by atoms with Crippen LogP contribution in [0.4, 0.5) is 17.6 Å². The van der Waals surface area contributed by atoms with Crippen molar-refractivity contribution in [2.45, 2.75) is 6.10 Å². The highest BCUT2D eigenvalue weighted by molar-refractivity contribution is 9.10. The van der Waals surface area contributed by atoms with Gasteiger partial charge in [0.25, 0.3) is 0 Å². The fraction of sp³-hybridized carbons (Fsp3) is 0.0769. The summed E-state index contributed by atoms with van der Waals surface area (Å²) in [5.74, 6) is -3.79. The maximum absolute atomic E-state index is 13.7. The lowest BCUT2D eigenvalue weighted by Gasteiger charge is -2.14. The molecule has 1 atom stereocenters. The van der Waals surface area contributed by atoms with Gasteiger partial charge in [0.05, 0.1) is 9.50 Å². The van der Waals surface area contributed by atoms with Crippen LogP contribution < -0.4 is 0 Å². The highest BCUT2D eigenvalue weighted by Gasteiger charge is 2.22. The Hall–Kier alpha value is -1.11. The number of benzene rings is 2. The van der Waals surface area contributed by atoms with Crippen molar-refractivity contribution in [3.05, 3.63) is 68.2 Å². The van der Waals surface area contributed by atoms with Gasteiger partial charge in [0.15, 0.2) is 0 Å². The molecule has 20 heavy (non-hydrogen) atoms. The van der Waals surface area contributed by atoms with E-state index in [4.69, 9.17) is 11.6 Å². The second kappa shape index (κ2) is 5.71. The molecule has 1 unspecified atom stereocenters. The molecule has 0 spiro atoms.